The number of benzene rings is 2. The molecule has 0 aliphatic carbocycles. The van der Waals surface area contributed by atoms with Crippen LogP contribution in [0.2, 0.25) is 0 Å². The molecule has 1 amide bonds. The first kappa shape index (κ1) is 22.6. The van der Waals surface area contributed by atoms with E-state index in [9.17, 15) is 13.2 Å². The molecule has 1 N–H and O–H groups in total. The predicted molar refractivity (Wildman–Crippen MR) is 126 cm³/mol. The van der Waals surface area contributed by atoms with Gasteiger partial charge in [0.1, 0.15) is 5.01 Å². The summed E-state index contributed by atoms with van der Waals surface area (Å²) in [6.07, 6.45) is 1.55. The molecule has 1 aromatic heterocycles. The Morgan fingerprint density at radius 2 is 1.88 bits per heavy atom. The monoisotopic (exact) mass is 470 g/mol. The van der Waals surface area contributed by atoms with Gasteiger partial charge >= 0.3 is 0 Å². The van der Waals surface area contributed by atoms with Crippen molar-refractivity contribution in [3.05, 3.63) is 69.2 Å². The van der Waals surface area contributed by atoms with Crippen LogP contribution in [-0.4, -0.2) is 41.9 Å². The maximum atomic E-state index is 13.3. The van der Waals surface area contributed by atoms with Gasteiger partial charge in [-0.25, -0.2) is 8.42 Å². The SMILES string of the molecule is Cc1ccc(C)c(S(=O)(=O)N2CCCC(c3nnc(C(=O)Nc4ccccc4C)s3)C2)c1. The normalized spacial score (nSPS) is 17.3. The molecule has 1 aliphatic heterocycles. The molecule has 32 heavy (non-hydrogen) atoms. The zero-order chi connectivity index (χ0) is 22.9. The highest BCUT2D eigenvalue weighted by Gasteiger charge is 2.33. The lowest BCUT2D eigenvalue weighted by Crippen LogP contribution is -2.39. The number of aromatic nitrogens is 2. The first-order valence-electron chi connectivity index (χ1n) is 10.5. The molecule has 0 bridgehead atoms. The quantitative estimate of drug-likeness (QED) is 0.601. The smallest absolute Gasteiger partial charge is 0.286 e. The van der Waals surface area contributed by atoms with Gasteiger partial charge in [0.15, 0.2) is 0 Å². The molecule has 1 fully saturated rings. The molecule has 1 unspecified atom stereocenters. The van der Waals surface area contributed by atoms with Gasteiger partial charge in [-0.3, -0.25) is 4.79 Å². The number of carbonyl (C=O) groups excluding carboxylic acids is 1. The number of nitrogens with one attached hydrogen (secondary N) is 1. The van der Waals surface area contributed by atoms with E-state index in [1.165, 1.54) is 15.6 Å². The third kappa shape index (κ3) is 4.60. The van der Waals surface area contributed by atoms with Crippen molar-refractivity contribution in [1.29, 1.82) is 0 Å². The molecule has 1 saturated heterocycles. The summed E-state index contributed by atoms with van der Waals surface area (Å²) in [7, 11) is -3.60. The van der Waals surface area contributed by atoms with Crippen LogP contribution in [0, 0.1) is 20.8 Å². The Labute approximate surface area is 192 Å². The van der Waals surface area contributed by atoms with E-state index < -0.39 is 10.0 Å². The number of rotatable bonds is 5. The minimum Gasteiger partial charge on any atom is -0.320 e. The molecule has 4 rings (SSSR count). The number of hydrogen-bond donors (Lipinski definition) is 1. The maximum Gasteiger partial charge on any atom is 0.286 e. The number of hydrogen-bond acceptors (Lipinski definition) is 6. The van der Waals surface area contributed by atoms with Crippen molar-refractivity contribution in [3.8, 4) is 0 Å². The fraction of sp³-hybridized carbons (Fsp3) is 0.348. The summed E-state index contributed by atoms with van der Waals surface area (Å²) in [6.45, 7) is 6.45. The average molecular weight is 471 g/mol. The number of carbonyl (C=O) groups is 1. The Morgan fingerprint density at radius 3 is 2.66 bits per heavy atom. The number of aryl methyl sites for hydroxylation is 3. The molecule has 168 valence electrons. The predicted octanol–water partition coefficient (Wildman–Crippen LogP) is 4.28. The molecule has 0 saturated carbocycles. The second kappa shape index (κ2) is 9.09. The van der Waals surface area contributed by atoms with E-state index in [-0.39, 0.29) is 16.8 Å². The van der Waals surface area contributed by atoms with Gasteiger partial charge in [0, 0.05) is 24.7 Å². The van der Waals surface area contributed by atoms with Crippen LogP contribution in [0.4, 0.5) is 5.69 Å². The van der Waals surface area contributed by atoms with Crippen LogP contribution in [0.25, 0.3) is 0 Å². The second-order valence-corrected chi connectivity index (χ2v) is 11.1. The topological polar surface area (TPSA) is 92.3 Å². The van der Waals surface area contributed by atoms with Crippen LogP contribution in [-0.2, 0) is 10.0 Å². The van der Waals surface area contributed by atoms with Crippen molar-refractivity contribution in [2.24, 2.45) is 0 Å². The lowest BCUT2D eigenvalue weighted by Gasteiger charge is -2.31. The number of piperidine rings is 1. The van der Waals surface area contributed by atoms with Crippen LogP contribution in [0.5, 0.6) is 0 Å². The average Bonchev–Trinajstić information content (AvgIpc) is 3.27. The molecular formula is C23H26N4O3S2. The van der Waals surface area contributed by atoms with Gasteiger partial charge in [0.2, 0.25) is 15.0 Å². The van der Waals surface area contributed by atoms with Crippen molar-refractivity contribution in [3.63, 3.8) is 0 Å². The van der Waals surface area contributed by atoms with Gasteiger partial charge in [0.05, 0.1) is 4.90 Å². The zero-order valence-corrected chi connectivity index (χ0v) is 20.0. The standard InChI is InChI=1S/C23H26N4O3S2/c1-15-10-11-17(3)20(13-15)32(29,30)27-12-6-8-18(14-27)22-25-26-23(31-22)21(28)24-19-9-5-4-7-16(19)2/h4-5,7,9-11,13,18H,6,8,12,14H2,1-3H3,(H,24,28). The summed E-state index contributed by atoms with van der Waals surface area (Å²) in [5.74, 6) is -0.389. The fourth-order valence-electron chi connectivity index (χ4n) is 3.87. The van der Waals surface area contributed by atoms with E-state index >= 15 is 0 Å². The highest BCUT2D eigenvalue weighted by atomic mass is 32.2. The number of nitrogens with zero attached hydrogens (tertiary/aromatic N) is 3. The third-order valence-electron chi connectivity index (χ3n) is 5.72. The van der Waals surface area contributed by atoms with Crippen molar-refractivity contribution in [2.45, 2.75) is 44.4 Å². The number of anilines is 1. The molecule has 1 atom stereocenters. The number of para-hydroxylation sites is 1. The number of amides is 1. The van der Waals surface area contributed by atoms with E-state index in [1.807, 2.05) is 57.2 Å². The molecule has 0 radical (unpaired) electrons. The molecule has 7 nitrogen and oxygen atoms in total. The number of sulfonamides is 1. The summed E-state index contributed by atoms with van der Waals surface area (Å²) in [5, 5.41) is 12.2. The van der Waals surface area contributed by atoms with E-state index in [4.69, 9.17) is 0 Å². The van der Waals surface area contributed by atoms with Crippen LogP contribution in [0.3, 0.4) is 0 Å². The van der Waals surface area contributed by atoms with Gasteiger partial charge in [-0.05, 0) is 62.4 Å². The Bertz CT molecular complexity index is 1250. The van der Waals surface area contributed by atoms with Crippen LogP contribution in [0.1, 0.15) is 50.3 Å². The van der Waals surface area contributed by atoms with Crippen molar-refractivity contribution in [1.82, 2.24) is 14.5 Å². The Balaban J connectivity index is 1.51. The summed E-state index contributed by atoms with van der Waals surface area (Å²) < 4.78 is 28.2. The largest absolute Gasteiger partial charge is 0.320 e. The molecule has 3 aromatic rings. The summed E-state index contributed by atoms with van der Waals surface area (Å²) >= 11 is 1.23. The first-order valence-corrected chi connectivity index (χ1v) is 12.8. The van der Waals surface area contributed by atoms with Gasteiger partial charge in [-0.15, -0.1) is 10.2 Å². The molecule has 2 heterocycles. The summed E-state index contributed by atoms with van der Waals surface area (Å²) in [6, 6.07) is 13.0. The Hall–Kier alpha value is -2.62. The van der Waals surface area contributed by atoms with Gasteiger partial charge < -0.3 is 5.32 Å². The maximum absolute atomic E-state index is 13.3. The zero-order valence-electron chi connectivity index (χ0n) is 18.3. The van der Waals surface area contributed by atoms with Crippen LogP contribution in [0.15, 0.2) is 47.4 Å². The van der Waals surface area contributed by atoms with E-state index in [0.29, 0.717) is 23.0 Å². The van der Waals surface area contributed by atoms with E-state index in [1.54, 1.807) is 6.07 Å². The second-order valence-electron chi connectivity index (χ2n) is 8.19. The van der Waals surface area contributed by atoms with Gasteiger partial charge in [-0.1, -0.05) is 41.7 Å². The summed E-state index contributed by atoms with van der Waals surface area (Å²) in [5.41, 5.74) is 3.35. The lowest BCUT2D eigenvalue weighted by molar-refractivity contribution is 0.102. The highest BCUT2D eigenvalue weighted by Crippen LogP contribution is 2.33. The first-order chi connectivity index (χ1) is 15.3. The Morgan fingerprint density at radius 1 is 1.09 bits per heavy atom. The molecule has 2 aromatic carbocycles. The van der Waals surface area contributed by atoms with Crippen molar-refractivity contribution >= 4 is 33.0 Å². The van der Waals surface area contributed by atoms with E-state index in [0.717, 1.165) is 35.2 Å². The molecular weight excluding hydrogens is 444 g/mol. The van der Waals surface area contributed by atoms with Crippen LogP contribution >= 0.6 is 11.3 Å². The molecule has 0 spiro atoms. The van der Waals surface area contributed by atoms with Crippen molar-refractivity contribution < 1.29 is 13.2 Å². The van der Waals surface area contributed by atoms with Gasteiger partial charge in [0.25, 0.3) is 5.91 Å². The van der Waals surface area contributed by atoms with Gasteiger partial charge in [-0.2, -0.15) is 4.31 Å². The fourth-order valence-corrected chi connectivity index (χ4v) is 6.56. The Kier molecular flexibility index (Phi) is 6.41. The minimum atomic E-state index is -3.60. The van der Waals surface area contributed by atoms with E-state index in [2.05, 4.69) is 15.5 Å². The van der Waals surface area contributed by atoms with Crippen LogP contribution < -0.4 is 5.32 Å². The third-order valence-corrected chi connectivity index (χ3v) is 8.81. The summed E-state index contributed by atoms with van der Waals surface area (Å²) in [4.78, 5) is 13.0. The van der Waals surface area contributed by atoms with Crippen molar-refractivity contribution in [2.75, 3.05) is 18.4 Å². The molecule has 9 heteroatoms. The highest BCUT2D eigenvalue weighted by molar-refractivity contribution is 7.89. The lowest BCUT2D eigenvalue weighted by atomic mass is 10.0. The minimum absolute atomic E-state index is 0.0823. The molecule has 1 aliphatic rings.